The molecule has 26 heavy (non-hydrogen) atoms. The Hall–Kier alpha value is -0.480. The Morgan fingerprint density at radius 2 is 1.58 bits per heavy atom. The number of hydrogen-bond donors (Lipinski definition) is 0. The summed E-state index contributed by atoms with van der Waals surface area (Å²) in [5, 5.41) is 0. The molecule has 1 aromatic rings. The number of hydrogen-bond acceptors (Lipinski definition) is 3. The maximum Gasteiger partial charge on any atom is 0.0946 e. The predicted molar refractivity (Wildman–Crippen MR) is 116 cm³/mol. The number of ether oxygens (including phenoxy) is 1. The van der Waals surface area contributed by atoms with Gasteiger partial charge in [0.25, 0.3) is 0 Å². The SMILES string of the molecule is CCCCCCCCCCCCOC(CSC(C)(C)C)Cn1ccnc1. The van der Waals surface area contributed by atoms with Crippen molar-refractivity contribution in [1.29, 1.82) is 0 Å². The molecule has 0 fully saturated rings. The first kappa shape index (κ1) is 23.6. The van der Waals surface area contributed by atoms with Crippen molar-refractivity contribution in [3.05, 3.63) is 18.7 Å². The molecule has 0 aliphatic carbocycles. The van der Waals surface area contributed by atoms with Crippen molar-refractivity contribution in [2.45, 2.75) is 109 Å². The summed E-state index contributed by atoms with van der Waals surface area (Å²) >= 11 is 1.99. The first-order chi connectivity index (χ1) is 12.5. The summed E-state index contributed by atoms with van der Waals surface area (Å²) in [6, 6.07) is 0. The van der Waals surface area contributed by atoms with Crippen LogP contribution >= 0.6 is 11.8 Å². The summed E-state index contributed by atoms with van der Waals surface area (Å²) in [4.78, 5) is 4.15. The molecule has 0 saturated heterocycles. The van der Waals surface area contributed by atoms with Gasteiger partial charge in [0.1, 0.15) is 0 Å². The van der Waals surface area contributed by atoms with Gasteiger partial charge < -0.3 is 9.30 Å². The number of nitrogens with zero attached hydrogens (tertiary/aromatic N) is 2. The van der Waals surface area contributed by atoms with E-state index in [2.05, 4.69) is 37.2 Å². The van der Waals surface area contributed by atoms with Crippen molar-refractivity contribution in [1.82, 2.24) is 9.55 Å². The van der Waals surface area contributed by atoms with Crippen LogP contribution in [0.2, 0.25) is 0 Å². The normalized spacial score (nSPS) is 13.2. The second-order valence-corrected chi connectivity index (χ2v) is 10.2. The van der Waals surface area contributed by atoms with E-state index in [4.69, 9.17) is 4.74 Å². The van der Waals surface area contributed by atoms with Gasteiger partial charge in [0, 0.05) is 29.5 Å². The van der Waals surface area contributed by atoms with Crippen LogP contribution < -0.4 is 0 Å². The van der Waals surface area contributed by atoms with Gasteiger partial charge in [-0.2, -0.15) is 11.8 Å². The Morgan fingerprint density at radius 3 is 2.12 bits per heavy atom. The standard InChI is InChI=1S/C22H42N2OS/c1-5-6-7-8-9-10-11-12-13-14-17-25-21(19-26-22(2,3)4)18-24-16-15-23-20-24/h15-16,20-21H,5-14,17-19H2,1-4H3. The van der Waals surface area contributed by atoms with Gasteiger partial charge in [0.2, 0.25) is 0 Å². The summed E-state index contributed by atoms with van der Waals surface area (Å²) in [5.41, 5.74) is 0. The molecule has 0 saturated carbocycles. The number of unbranched alkanes of at least 4 members (excludes halogenated alkanes) is 9. The molecule has 0 aromatic carbocycles. The van der Waals surface area contributed by atoms with E-state index in [0.29, 0.717) is 0 Å². The van der Waals surface area contributed by atoms with E-state index < -0.39 is 0 Å². The van der Waals surface area contributed by atoms with Crippen molar-refractivity contribution < 1.29 is 4.74 Å². The largest absolute Gasteiger partial charge is 0.376 e. The average Bonchev–Trinajstić information content (AvgIpc) is 3.09. The fourth-order valence-electron chi connectivity index (χ4n) is 2.97. The summed E-state index contributed by atoms with van der Waals surface area (Å²) in [5.74, 6) is 1.04. The second kappa shape index (κ2) is 14.6. The van der Waals surface area contributed by atoms with Gasteiger partial charge >= 0.3 is 0 Å². The van der Waals surface area contributed by atoms with Crippen molar-refractivity contribution in [3.63, 3.8) is 0 Å². The molecular formula is C22H42N2OS. The smallest absolute Gasteiger partial charge is 0.0946 e. The first-order valence-electron chi connectivity index (χ1n) is 10.7. The Bertz CT molecular complexity index is 414. The van der Waals surface area contributed by atoms with E-state index in [0.717, 1.165) is 18.9 Å². The van der Waals surface area contributed by atoms with Gasteiger partial charge in [-0.1, -0.05) is 85.5 Å². The summed E-state index contributed by atoms with van der Waals surface area (Å²) < 4.78 is 8.63. The summed E-state index contributed by atoms with van der Waals surface area (Å²) in [6.07, 6.45) is 19.7. The van der Waals surface area contributed by atoms with Gasteiger partial charge in [-0.05, 0) is 6.42 Å². The van der Waals surface area contributed by atoms with Crippen LogP contribution in [-0.4, -0.2) is 32.8 Å². The van der Waals surface area contributed by atoms with E-state index in [9.17, 15) is 0 Å². The number of imidazole rings is 1. The van der Waals surface area contributed by atoms with Crippen LogP contribution in [0.15, 0.2) is 18.7 Å². The minimum absolute atomic E-state index is 0.270. The molecule has 0 spiro atoms. The highest BCUT2D eigenvalue weighted by atomic mass is 32.2. The van der Waals surface area contributed by atoms with E-state index in [1.807, 2.05) is 30.5 Å². The van der Waals surface area contributed by atoms with Crippen molar-refractivity contribution in [2.75, 3.05) is 12.4 Å². The molecule has 152 valence electrons. The Kier molecular flexibility index (Phi) is 13.2. The van der Waals surface area contributed by atoms with Crippen LogP contribution in [0.25, 0.3) is 0 Å². The molecule has 1 heterocycles. The maximum atomic E-state index is 6.21. The molecule has 3 nitrogen and oxygen atoms in total. The fourth-order valence-corrected chi connectivity index (χ4v) is 3.85. The zero-order valence-corrected chi connectivity index (χ0v) is 18.5. The van der Waals surface area contributed by atoms with E-state index >= 15 is 0 Å². The van der Waals surface area contributed by atoms with Crippen LogP contribution in [0.4, 0.5) is 0 Å². The highest BCUT2D eigenvalue weighted by Gasteiger charge is 2.16. The third-order valence-corrected chi connectivity index (χ3v) is 5.93. The monoisotopic (exact) mass is 382 g/mol. The molecular weight excluding hydrogens is 340 g/mol. The lowest BCUT2D eigenvalue weighted by atomic mass is 10.1. The Balaban J connectivity index is 2.09. The minimum atomic E-state index is 0.270. The van der Waals surface area contributed by atoms with Crippen LogP contribution in [0.3, 0.4) is 0 Å². The van der Waals surface area contributed by atoms with Crippen LogP contribution in [0.1, 0.15) is 91.9 Å². The first-order valence-corrected chi connectivity index (χ1v) is 11.7. The fraction of sp³-hybridized carbons (Fsp3) is 0.864. The molecule has 1 aromatic heterocycles. The van der Waals surface area contributed by atoms with Gasteiger partial charge in [0.15, 0.2) is 0 Å². The molecule has 1 unspecified atom stereocenters. The van der Waals surface area contributed by atoms with Crippen LogP contribution in [0, 0.1) is 0 Å². The quantitative estimate of drug-likeness (QED) is 0.297. The van der Waals surface area contributed by atoms with Gasteiger partial charge in [0.05, 0.1) is 19.0 Å². The molecule has 0 aliphatic rings. The zero-order chi connectivity index (χ0) is 19.1. The lowest BCUT2D eigenvalue weighted by molar-refractivity contribution is 0.0546. The molecule has 0 bridgehead atoms. The number of rotatable bonds is 16. The van der Waals surface area contributed by atoms with E-state index in [1.54, 1.807) is 0 Å². The molecule has 0 aliphatic heterocycles. The third-order valence-electron chi connectivity index (χ3n) is 4.53. The van der Waals surface area contributed by atoms with E-state index in [1.165, 1.54) is 64.2 Å². The Morgan fingerprint density at radius 1 is 0.962 bits per heavy atom. The van der Waals surface area contributed by atoms with Gasteiger partial charge in [-0.15, -0.1) is 0 Å². The van der Waals surface area contributed by atoms with Crippen LogP contribution in [0.5, 0.6) is 0 Å². The maximum absolute atomic E-state index is 6.21. The Labute approximate surface area is 166 Å². The van der Waals surface area contributed by atoms with Crippen molar-refractivity contribution in [3.8, 4) is 0 Å². The van der Waals surface area contributed by atoms with Crippen LogP contribution in [-0.2, 0) is 11.3 Å². The van der Waals surface area contributed by atoms with Crippen molar-refractivity contribution in [2.24, 2.45) is 0 Å². The number of thioether (sulfide) groups is 1. The lowest BCUT2D eigenvalue weighted by Gasteiger charge is -2.23. The topological polar surface area (TPSA) is 27.1 Å². The number of aromatic nitrogens is 2. The third kappa shape index (κ3) is 13.7. The molecule has 0 N–H and O–H groups in total. The molecule has 1 atom stereocenters. The molecule has 4 heteroatoms. The lowest BCUT2D eigenvalue weighted by Crippen LogP contribution is -2.25. The summed E-state index contributed by atoms with van der Waals surface area (Å²) in [7, 11) is 0. The zero-order valence-electron chi connectivity index (χ0n) is 17.7. The second-order valence-electron chi connectivity index (χ2n) is 8.36. The molecule has 0 amide bonds. The summed E-state index contributed by atoms with van der Waals surface area (Å²) in [6.45, 7) is 10.9. The minimum Gasteiger partial charge on any atom is -0.376 e. The molecule has 1 rings (SSSR count). The highest BCUT2D eigenvalue weighted by Crippen LogP contribution is 2.25. The van der Waals surface area contributed by atoms with Gasteiger partial charge in [-0.3, -0.25) is 0 Å². The van der Waals surface area contributed by atoms with Crippen molar-refractivity contribution >= 4 is 11.8 Å². The molecule has 0 radical (unpaired) electrons. The van der Waals surface area contributed by atoms with E-state index in [-0.39, 0.29) is 10.9 Å². The van der Waals surface area contributed by atoms with Gasteiger partial charge in [-0.25, -0.2) is 4.98 Å². The highest BCUT2D eigenvalue weighted by molar-refractivity contribution is 8.00. The predicted octanol–water partition coefficient (Wildman–Crippen LogP) is 6.72. The average molecular weight is 383 g/mol.